The molecule has 0 amide bonds. The summed E-state index contributed by atoms with van der Waals surface area (Å²) in [6.45, 7) is 0. The van der Waals surface area contributed by atoms with Crippen LogP contribution >= 0.6 is 23.8 Å². The van der Waals surface area contributed by atoms with E-state index in [2.05, 4.69) is 14.3 Å². The number of hydrogen-bond donors (Lipinski definition) is 0. The van der Waals surface area contributed by atoms with E-state index in [1.54, 1.807) is 4.90 Å². The zero-order valence-corrected chi connectivity index (χ0v) is 14.0. The third kappa shape index (κ3) is 4.21. The van der Waals surface area contributed by atoms with Crippen molar-refractivity contribution in [1.82, 2.24) is 9.59 Å². The Morgan fingerprint density at radius 2 is 1.88 bits per heavy atom. The number of aromatic nitrogens is 2. The molecule has 1 saturated carbocycles. The van der Waals surface area contributed by atoms with E-state index in [4.69, 9.17) is 12.2 Å². The Kier molecular flexibility index (Phi) is 4.87. The molecule has 0 aliphatic heterocycles. The first-order chi connectivity index (χ1) is 11.8. The normalized spacial score (nSPS) is 14.6. The molecule has 0 bridgehead atoms. The molecule has 0 saturated heterocycles. The molecule has 3 rings (SSSR count). The first kappa shape index (κ1) is 17.9. The highest BCUT2D eigenvalue weighted by Gasteiger charge is 2.35. The van der Waals surface area contributed by atoms with Crippen molar-refractivity contribution in [2.24, 2.45) is 0 Å². The first-order valence-corrected chi connectivity index (χ1v) is 8.24. The van der Waals surface area contributed by atoms with Gasteiger partial charge in [0.25, 0.3) is 6.43 Å². The van der Waals surface area contributed by atoms with E-state index in [-0.39, 0.29) is 21.7 Å². The van der Waals surface area contributed by atoms with Gasteiger partial charge in [0.2, 0.25) is 0 Å². The maximum Gasteiger partial charge on any atom is 0.573 e. The number of benzene rings is 1. The van der Waals surface area contributed by atoms with Crippen molar-refractivity contribution < 1.29 is 26.7 Å². The fourth-order valence-corrected chi connectivity index (χ4v) is 3.31. The van der Waals surface area contributed by atoms with Crippen LogP contribution in [-0.2, 0) is 0 Å². The van der Waals surface area contributed by atoms with Crippen molar-refractivity contribution in [2.45, 2.75) is 31.7 Å². The molecule has 0 atom stereocenters. The molecule has 4 nitrogen and oxygen atoms in total. The number of hydrogen-bond acceptors (Lipinski definition) is 5. The van der Waals surface area contributed by atoms with Crippen LogP contribution in [0.2, 0.25) is 0 Å². The molecule has 0 spiro atoms. The van der Waals surface area contributed by atoms with Gasteiger partial charge in [0, 0.05) is 11.7 Å². The van der Waals surface area contributed by atoms with Gasteiger partial charge in [0.1, 0.15) is 15.6 Å². The van der Waals surface area contributed by atoms with Gasteiger partial charge in [-0.15, -0.1) is 18.3 Å². The summed E-state index contributed by atoms with van der Waals surface area (Å²) in [6.07, 6.45) is -5.99. The van der Waals surface area contributed by atoms with Crippen LogP contribution in [0.5, 0.6) is 5.75 Å². The summed E-state index contributed by atoms with van der Waals surface area (Å²) in [5.41, 5.74) is 0.00770. The molecule has 25 heavy (non-hydrogen) atoms. The number of alkyl halides is 5. The molecule has 1 aromatic carbocycles. The van der Waals surface area contributed by atoms with Crippen LogP contribution in [0.4, 0.5) is 27.6 Å². The van der Waals surface area contributed by atoms with E-state index >= 15 is 0 Å². The van der Waals surface area contributed by atoms with Gasteiger partial charge in [-0.05, 0) is 48.6 Å². The fourth-order valence-electron chi connectivity index (χ4n) is 2.23. The van der Waals surface area contributed by atoms with Crippen molar-refractivity contribution in [2.75, 3.05) is 4.90 Å². The standard InChI is InChI=1S/C14H10F5N3OS2/c15-12(16)10-11(25-21-20-10)13(24)22(7-1-2-7)8-3-5-9(6-4-8)23-14(17,18)19/h3-7,12H,1-2H2. The van der Waals surface area contributed by atoms with Gasteiger partial charge >= 0.3 is 6.36 Å². The van der Waals surface area contributed by atoms with Crippen molar-refractivity contribution in [3.63, 3.8) is 0 Å². The second-order valence-electron chi connectivity index (χ2n) is 5.24. The number of nitrogens with zero attached hydrogens (tertiary/aromatic N) is 3. The highest BCUT2D eigenvalue weighted by Crippen LogP contribution is 2.36. The average molecular weight is 395 g/mol. The third-order valence-electron chi connectivity index (χ3n) is 3.39. The number of halogens is 5. The molecule has 1 aromatic heterocycles. The maximum atomic E-state index is 13.0. The van der Waals surface area contributed by atoms with Gasteiger partial charge in [-0.1, -0.05) is 16.7 Å². The van der Waals surface area contributed by atoms with E-state index in [0.29, 0.717) is 5.69 Å². The summed E-state index contributed by atoms with van der Waals surface area (Å²) >= 11 is 6.10. The van der Waals surface area contributed by atoms with Gasteiger partial charge < -0.3 is 9.64 Å². The smallest absolute Gasteiger partial charge is 0.406 e. The summed E-state index contributed by atoms with van der Waals surface area (Å²) in [5.74, 6) is -0.370. The van der Waals surface area contributed by atoms with Crippen LogP contribution in [0.15, 0.2) is 24.3 Å². The highest BCUT2D eigenvalue weighted by molar-refractivity contribution is 7.81. The Hall–Kier alpha value is -1.88. The lowest BCUT2D eigenvalue weighted by molar-refractivity contribution is -0.274. The topological polar surface area (TPSA) is 38.2 Å². The van der Waals surface area contributed by atoms with Crippen molar-refractivity contribution in [1.29, 1.82) is 0 Å². The minimum absolute atomic E-state index is 0.00880. The molecule has 1 heterocycles. The monoisotopic (exact) mass is 395 g/mol. The Bertz CT molecular complexity index is 759. The molecular formula is C14H10F5N3OS2. The third-order valence-corrected chi connectivity index (χ3v) is 4.67. The Morgan fingerprint density at radius 1 is 1.24 bits per heavy atom. The predicted molar refractivity (Wildman–Crippen MR) is 85.2 cm³/mol. The first-order valence-electron chi connectivity index (χ1n) is 7.06. The Morgan fingerprint density at radius 3 is 2.40 bits per heavy atom. The zero-order chi connectivity index (χ0) is 18.2. The lowest BCUT2D eigenvalue weighted by atomic mass is 10.2. The van der Waals surface area contributed by atoms with Crippen LogP contribution in [0.3, 0.4) is 0 Å². The minimum atomic E-state index is -4.78. The molecule has 0 N–H and O–H groups in total. The lowest BCUT2D eigenvalue weighted by Gasteiger charge is -2.25. The van der Waals surface area contributed by atoms with Crippen LogP contribution in [0, 0.1) is 0 Å². The average Bonchev–Trinajstić information content (AvgIpc) is 3.22. The predicted octanol–water partition coefficient (Wildman–Crippen LogP) is 4.72. The van der Waals surface area contributed by atoms with Crippen molar-refractivity contribution >= 4 is 34.4 Å². The van der Waals surface area contributed by atoms with Crippen LogP contribution in [-0.4, -0.2) is 27.0 Å². The molecule has 11 heteroatoms. The van der Waals surface area contributed by atoms with Crippen LogP contribution < -0.4 is 9.64 Å². The largest absolute Gasteiger partial charge is 0.573 e. The SMILES string of the molecule is FC(F)c1nnsc1C(=S)N(c1ccc(OC(F)(F)F)cc1)C1CC1. The summed E-state index contributed by atoms with van der Waals surface area (Å²) in [7, 11) is 0. The van der Waals surface area contributed by atoms with Gasteiger partial charge in [-0.25, -0.2) is 8.78 Å². The molecule has 0 radical (unpaired) electrons. The van der Waals surface area contributed by atoms with Crippen molar-refractivity contribution in [3.05, 3.63) is 34.8 Å². The van der Waals surface area contributed by atoms with Crippen LogP contribution in [0.1, 0.15) is 29.8 Å². The number of anilines is 1. The summed E-state index contributed by atoms with van der Waals surface area (Å²) < 4.78 is 70.1. The van der Waals surface area contributed by atoms with E-state index in [9.17, 15) is 22.0 Å². The van der Waals surface area contributed by atoms with E-state index < -0.39 is 18.5 Å². The summed E-state index contributed by atoms with van der Waals surface area (Å²) in [4.78, 5) is 1.87. The Balaban J connectivity index is 1.86. The zero-order valence-electron chi connectivity index (χ0n) is 12.3. The molecule has 1 fully saturated rings. The van der Waals surface area contributed by atoms with Gasteiger partial charge in [-0.3, -0.25) is 0 Å². The van der Waals surface area contributed by atoms with Crippen LogP contribution in [0.25, 0.3) is 0 Å². The van der Waals surface area contributed by atoms with Gasteiger partial charge in [-0.2, -0.15) is 0 Å². The molecule has 134 valence electrons. The highest BCUT2D eigenvalue weighted by atomic mass is 32.1. The molecule has 1 aliphatic rings. The van der Waals surface area contributed by atoms with E-state index in [1.807, 2.05) is 0 Å². The summed E-state index contributed by atoms with van der Waals surface area (Å²) in [5, 5.41) is 3.41. The maximum absolute atomic E-state index is 13.0. The molecule has 0 unspecified atom stereocenters. The van der Waals surface area contributed by atoms with E-state index in [0.717, 1.165) is 36.5 Å². The van der Waals surface area contributed by atoms with E-state index in [1.165, 1.54) is 12.1 Å². The number of thiocarbonyl (C=S) groups is 1. The molecule has 2 aromatic rings. The number of ether oxygens (including phenoxy) is 1. The number of rotatable bonds is 5. The molecular weight excluding hydrogens is 385 g/mol. The Labute approximate surface area is 148 Å². The molecule has 1 aliphatic carbocycles. The minimum Gasteiger partial charge on any atom is -0.406 e. The van der Waals surface area contributed by atoms with Crippen molar-refractivity contribution in [3.8, 4) is 5.75 Å². The fraction of sp³-hybridized carbons (Fsp3) is 0.357. The second kappa shape index (κ2) is 6.79. The lowest BCUT2D eigenvalue weighted by Crippen LogP contribution is -2.32. The quantitative estimate of drug-likeness (QED) is 0.541. The van der Waals surface area contributed by atoms with Gasteiger partial charge in [0.15, 0.2) is 5.69 Å². The summed E-state index contributed by atoms with van der Waals surface area (Å²) in [6, 6.07) is 5.12. The second-order valence-corrected chi connectivity index (χ2v) is 6.38. The van der Waals surface area contributed by atoms with Gasteiger partial charge in [0.05, 0.1) is 0 Å².